The van der Waals surface area contributed by atoms with Gasteiger partial charge in [0.2, 0.25) is 0 Å². The molecule has 0 unspecified atom stereocenters. The molecule has 0 radical (unpaired) electrons. The van der Waals surface area contributed by atoms with E-state index in [1.165, 1.54) is 16.8 Å². The monoisotopic (exact) mass is 329 g/mol. The van der Waals surface area contributed by atoms with Gasteiger partial charge in [-0.3, -0.25) is 9.40 Å². The second kappa shape index (κ2) is 5.38. The minimum atomic E-state index is -3.93. The fraction of sp³-hybridized carbons (Fsp3) is 0.167. The van der Waals surface area contributed by atoms with Gasteiger partial charge in [-0.25, -0.2) is 13.2 Å². The van der Waals surface area contributed by atoms with Crippen LogP contribution in [0.5, 0.6) is 0 Å². The number of carbonyl (C=O) groups is 1. The highest BCUT2D eigenvalue weighted by Gasteiger charge is 2.19. The number of aromatic nitrogens is 2. The topological polar surface area (TPSA) is 101 Å². The Morgan fingerprint density at radius 1 is 1.38 bits per heavy atom. The zero-order valence-corrected chi connectivity index (χ0v) is 12.7. The van der Waals surface area contributed by atoms with E-state index in [4.69, 9.17) is 16.7 Å². The van der Waals surface area contributed by atoms with E-state index in [1.807, 2.05) is 0 Å². The molecule has 0 bridgehead atoms. The molecular formula is C12H12ClN3O4S. The summed E-state index contributed by atoms with van der Waals surface area (Å²) in [4.78, 5) is 10.8. The summed E-state index contributed by atoms with van der Waals surface area (Å²) < 4.78 is 28.2. The highest BCUT2D eigenvalue weighted by atomic mass is 35.5. The minimum absolute atomic E-state index is 0.0298. The summed E-state index contributed by atoms with van der Waals surface area (Å²) in [7, 11) is -2.34. The van der Waals surface area contributed by atoms with Crippen LogP contribution >= 0.6 is 11.6 Å². The average Bonchev–Trinajstić information content (AvgIpc) is 2.66. The second-order valence-corrected chi connectivity index (χ2v) is 6.44. The number of aromatic carboxylic acids is 1. The van der Waals surface area contributed by atoms with Crippen LogP contribution < -0.4 is 4.72 Å². The Hall–Kier alpha value is -2.06. The molecule has 2 aromatic rings. The maximum Gasteiger partial charge on any atom is 0.337 e. The first-order chi connectivity index (χ1) is 9.70. The Balaban J connectivity index is 2.42. The highest BCUT2D eigenvalue weighted by molar-refractivity contribution is 7.92. The van der Waals surface area contributed by atoms with Crippen LogP contribution in [0.1, 0.15) is 16.1 Å². The smallest absolute Gasteiger partial charge is 0.337 e. The Bertz CT molecular complexity index is 814. The quantitative estimate of drug-likeness (QED) is 0.891. The molecule has 112 valence electrons. The predicted molar refractivity (Wildman–Crippen MR) is 77.2 cm³/mol. The van der Waals surface area contributed by atoms with Gasteiger partial charge < -0.3 is 5.11 Å². The van der Waals surface area contributed by atoms with E-state index in [0.717, 1.165) is 6.07 Å². The molecule has 7 nitrogen and oxygen atoms in total. The summed E-state index contributed by atoms with van der Waals surface area (Å²) in [5, 5.41) is 13.0. The number of carboxylic acids is 1. The fourth-order valence-corrected chi connectivity index (χ4v) is 3.04. The van der Waals surface area contributed by atoms with Gasteiger partial charge in [-0.15, -0.1) is 0 Å². The number of hydrogen-bond donors (Lipinski definition) is 2. The number of nitrogens with zero attached hydrogens (tertiary/aromatic N) is 2. The number of rotatable bonds is 4. The standard InChI is InChI=1S/C12H12ClN3O4S/c1-7-5-11(16(2)14-7)15-21(19,20)8-3-4-10(13)9(6-8)12(17)18/h3-6,15H,1-2H3,(H,17,18). The molecule has 0 atom stereocenters. The van der Waals surface area contributed by atoms with Crippen molar-refractivity contribution in [3.05, 3.63) is 40.5 Å². The molecule has 2 rings (SSSR count). The van der Waals surface area contributed by atoms with E-state index >= 15 is 0 Å². The average molecular weight is 330 g/mol. The van der Waals surface area contributed by atoms with Gasteiger partial charge >= 0.3 is 5.97 Å². The maximum atomic E-state index is 12.3. The number of aryl methyl sites for hydroxylation is 2. The number of hydrogen-bond acceptors (Lipinski definition) is 4. The molecule has 0 saturated carbocycles. The number of carboxylic acid groups (broad SMARTS) is 1. The van der Waals surface area contributed by atoms with Crippen LogP contribution in [0.25, 0.3) is 0 Å². The molecule has 1 aromatic heterocycles. The highest BCUT2D eigenvalue weighted by Crippen LogP contribution is 2.22. The molecule has 0 aliphatic rings. The lowest BCUT2D eigenvalue weighted by molar-refractivity contribution is 0.0697. The van der Waals surface area contributed by atoms with E-state index in [-0.39, 0.29) is 21.3 Å². The summed E-state index contributed by atoms with van der Waals surface area (Å²) in [6.45, 7) is 1.72. The summed E-state index contributed by atoms with van der Waals surface area (Å²) in [6.07, 6.45) is 0. The van der Waals surface area contributed by atoms with E-state index in [2.05, 4.69) is 9.82 Å². The lowest BCUT2D eigenvalue weighted by Crippen LogP contribution is -2.16. The van der Waals surface area contributed by atoms with Gasteiger partial charge in [-0.05, 0) is 25.1 Å². The van der Waals surface area contributed by atoms with Gasteiger partial charge in [0, 0.05) is 13.1 Å². The molecule has 0 aliphatic carbocycles. The summed E-state index contributed by atoms with van der Waals surface area (Å²) in [6, 6.07) is 5.04. The molecule has 0 fully saturated rings. The summed E-state index contributed by atoms with van der Waals surface area (Å²) in [5.74, 6) is -1.02. The van der Waals surface area contributed by atoms with Crippen molar-refractivity contribution in [2.75, 3.05) is 4.72 Å². The molecule has 21 heavy (non-hydrogen) atoms. The van der Waals surface area contributed by atoms with Gasteiger partial charge in [-0.2, -0.15) is 5.10 Å². The Morgan fingerprint density at radius 3 is 2.57 bits per heavy atom. The lowest BCUT2D eigenvalue weighted by Gasteiger charge is -2.09. The number of sulfonamides is 1. The van der Waals surface area contributed by atoms with Crippen molar-refractivity contribution in [2.45, 2.75) is 11.8 Å². The van der Waals surface area contributed by atoms with E-state index in [9.17, 15) is 13.2 Å². The van der Waals surface area contributed by atoms with Crippen molar-refractivity contribution in [1.82, 2.24) is 9.78 Å². The van der Waals surface area contributed by atoms with Crippen molar-refractivity contribution >= 4 is 33.4 Å². The minimum Gasteiger partial charge on any atom is -0.478 e. The molecule has 0 spiro atoms. The van der Waals surface area contributed by atoms with Crippen molar-refractivity contribution in [3.8, 4) is 0 Å². The fourth-order valence-electron chi connectivity index (χ4n) is 1.74. The Morgan fingerprint density at radius 2 is 2.05 bits per heavy atom. The zero-order valence-electron chi connectivity index (χ0n) is 11.2. The molecule has 0 amide bonds. The molecule has 0 saturated heterocycles. The third-order valence-corrected chi connectivity index (χ3v) is 4.40. The number of benzene rings is 1. The van der Waals surface area contributed by atoms with Gasteiger partial charge in [0.1, 0.15) is 5.82 Å². The van der Waals surface area contributed by atoms with Crippen LogP contribution in [0.2, 0.25) is 5.02 Å². The Labute approximate surface area is 126 Å². The molecule has 9 heteroatoms. The molecule has 0 aliphatic heterocycles. The van der Waals surface area contributed by atoms with E-state index in [0.29, 0.717) is 5.69 Å². The van der Waals surface area contributed by atoms with Crippen LogP contribution in [0, 0.1) is 6.92 Å². The summed E-state index contributed by atoms with van der Waals surface area (Å²) in [5.41, 5.74) is 0.373. The molecule has 1 heterocycles. The van der Waals surface area contributed by atoms with Crippen molar-refractivity contribution in [2.24, 2.45) is 7.05 Å². The first kappa shape index (κ1) is 15.3. The van der Waals surface area contributed by atoms with Crippen LogP contribution in [0.4, 0.5) is 5.82 Å². The Kier molecular flexibility index (Phi) is 3.93. The third kappa shape index (κ3) is 3.17. The number of nitrogens with one attached hydrogen (secondary N) is 1. The van der Waals surface area contributed by atoms with Gasteiger partial charge in [0.25, 0.3) is 10.0 Å². The van der Waals surface area contributed by atoms with Crippen LogP contribution in [0.3, 0.4) is 0 Å². The van der Waals surface area contributed by atoms with Crippen LogP contribution in [-0.2, 0) is 17.1 Å². The van der Waals surface area contributed by atoms with E-state index in [1.54, 1.807) is 20.0 Å². The molecule has 2 N–H and O–H groups in total. The normalized spacial score (nSPS) is 11.4. The number of halogens is 1. The number of anilines is 1. The first-order valence-electron chi connectivity index (χ1n) is 5.77. The predicted octanol–water partition coefficient (Wildman–Crippen LogP) is 1.88. The second-order valence-electron chi connectivity index (χ2n) is 4.35. The SMILES string of the molecule is Cc1cc(NS(=O)(=O)c2ccc(Cl)c(C(=O)O)c2)n(C)n1. The van der Waals surface area contributed by atoms with Crippen molar-refractivity contribution < 1.29 is 18.3 Å². The third-order valence-electron chi connectivity index (χ3n) is 2.72. The van der Waals surface area contributed by atoms with Gasteiger partial charge in [-0.1, -0.05) is 11.6 Å². The first-order valence-corrected chi connectivity index (χ1v) is 7.63. The lowest BCUT2D eigenvalue weighted by atomic mass is 10.2. The van der Waals surface area contributed by atoms with Crippen LogP contribution in [0.15, 0.2) is 29.2 Å². The molecule has 1 aromatic carbocycles. The van der Waals surface area contributed by atoms with E-state index < -0.39 is 16.0 Å². The van der Waals surface area contributed by atoms with Gasteiger partial charge in [0.15, 0.2) is 0 Å². The van der Waals surface area contributed by atoms with Crippen molar-refractivity contribution in [1.29, 1.82) is 0 Å². The van der Waals surface area contributed by atoms with Crippen molar-refractivity contribution in [3.63, 3.8) is 0 Å². The maximum absolute atomic E-state index is 12.3. The molecular weight excluding hydrogens is 318 g/mol. The summed E-state index contributed by atoms with van der Waals surface area (Å²) >= 11 is 5.72. The van der Waals surface area contributed by atoms with Crippen LogP contribution in [-0.4, -0.2) is 29.3 Å². The zero-order chi connectivity index (χ0) is 15.8. The largest absolute Gasteiger partial charge is 0.478 e. The van der Waals surface area contributed by atoms with Gasteiger partial charge in [0.05, 0.1) is 21.2 Å².